The molecule has 31 heavy (non-hydrogen) atoms. The zero-order valence-electron chi connectivity index (χ0n) is 18.6. The van der Waals surface area contributed by atoms with E-state index < -0.39 is 0 Å². The van der Waals surface area contributed by atoms with Gasteiger partial charge >= 0.3 is 7.12 Å². The molecule has 0 spiro atoms. The van der Waals surface area contributed by atoms with Gasteiger partial charge in [-0.05, 0) is 66.2 Å². The topological polar surface area (TPSA) is 18.5 Å². The lowest BCUT2D eigenvalue weighted by molar-refractivity contribution is 0.00578. The molecule has 0 aliphatic carbocycles. The highest BCUT2D eigenvalue weighted by Gasteiger charge is 2.51. The first-order chi connectivity index (χ1) is 14.9. The maximum atomic E-state index is 6.21. The molecular formula is C28H27BO2. The van der Waals surface area contributed by atoms with Crippen LogP contribution >= 0.6 is 0 Å². The average Bonchev–Trinajstić information content (AvgIpc) is 3.00. The molecule has 1 aliphatic rings. The van der Waals surface area contributed by atoms with Gasteiger partial charge in [-0.1, -0.05) is 91.0 Å². The van der Waals surface area contributed by atoms with E-state index in [9.17, 15) is 0 Å². The zero-order chi connectivity index (χ0) is 21.6. The van der Waals surface area contributed by atoms with Crippen LogP contribution in [0, 0.1) is 0 Å². The van der Waals surface area contributed by atoms with Gasteiger partial charge in [0.05, 0.1) is 11.2 Å². The van der Waals surface area contributed by atoms with Gasteiger partial charge in [0.2, 0.25) is 0 Å². The van der Waals surface area contributed by atoms with Gasteiger partial charge in [0.15, 0.2) is 0 Å². The SMILES string of the molecule is CC1(C)OB(c2ccc(-c3ccc(-c4ccccc4)c4ccccc34)cc2)OC1(C)C. The second-order valence-corrected chi connectivity index (χ2v) is 9.28. The van der Waals surface area contributed by atoms with Gasteiger partial charge in [-0.2, -0.15) is 0 Å². The molecule has 0 atom stereocenters. The summed E-state index contributed by atoms with van der Waals surface area (Å²) in [5.74, 6) is 0. The van der Waals surface area contributed by atoms with Crippen LogP contribution in [0.4, 0.5) is 0 Å². The van der Waals surface area contributed by atoms with Crippen LogP contribution < -0.4 is 5.46 Å². The molecule has 154 valence electrons. The highest BCUT2D eigenvalue weighted by molar-refractivity contribution is 6.62. The minimum Gasteiger partial charge on any atom is -0.399 e. The van der Waals surface area contributed by atoms with Crippen molar-refractivity contribution in [3.63, 3.8) is 0 Å². The molecule has 0 unspecified atom stereocenters. The Kier molecular flexibility index (Phi) is 4.77. The fourth-order valence-electron chi connectivity index (χ4n) is 4.22. The van der Waals surface area contributed by atoms with Crippen molar-refractivity contribution in [1.82, 2.24) is 0 Å². The summed E-state index contributed by atoms with van der Waals surface area (Å²) in [5.41, 5.74) is 5.30. The molecule has 0 aromatic heterocycles. The summed E-state index contributed by atoms with van der Waals surface area (Å²) in [5, 5.41) is 2.52. The summed E-state index contributed by atoms with van der Waals surface area (Å²) in [4.78, 5) is 0. The molecule has 0 saturated carbocycles. The lowest BCUT2D eigenvalue weighted by atomic mass is 9.78. The zero-order valence-corrected chi connectivity index (χ0v) is 18.6. The van der Waals surface area contributed by atoms with Crippen LogP contribution in [0.15, 0.2) is 91.0 Å². The van der Waals surface area contributed by atoms with Crippen molar-refractivity contribution in [2.75, 3.05) is 0 Å². The molecule has 1 saturated heterocycles. The Morgan fingerprint density at radius 2 is 0.968 bits per heavy atom. The fourth-order valence-corrected chi connectivity index (χ4v) is 4.22. The summed E-state index contributed by atoms with van der Waals surface area (Å²) in [6, 6.07) is 32.3. The van der Waals surface area contributed by atoms with E-state index in [1.54, 1.807) is 0 Å². The number of hydrogen-bond donors (Lipinski definition) is 0. The summed E-state index contributed by atoms with van der Waals surface area (Å²) in [7, 11) is -0.337. The molecule has 4 aromatic carbocycles. The Bertz CT molecular complexity index is 1210. The molecule has 0 radical (unpaired) electrons. The van der Waals surface area contributed by atoms with E-state index >= 15 is 0 Å². The third-order valence-electron chi connectivity index (χ3n) is 6.76. The van der Waals surface area contributed by atoms with Gasteiger partial charge in [-0.15, -0.1) is 0 Å². The van der Waals surface area contributed by atoms with Crippen molar-refractivity contribution in [3.05, 3.63) is 91.0 Å². The number of rotatable bonds is 3. The Morgan fingerprint density at radius 1 is 0.516 bits per heavy atom. The van der Waals surface area contributed by atoms with Gasteiger partial charge in [-0.3, -0.25) is 0 Å². The molecule has 1 heterocycles. The second-order valence-electron chi connectivity index (χ2n) is 9.28. The summed E-state index contributed by atoms with van der Waals surface area (Å²) < 4.78 is 12.4. The third kappa shape index (κ3) is 3.48. The predicted octanol–water partition coefficient (Wildman–Crippen LogP) is 6.47. The van der Waals surface area contributed by atoms with Crippen molar-refractivity contribution in [2.24, 2.45) is 0 Å². The van der Waals surface area contributed by atoms with E-state index in [0.717, 1.165) is 5.46 Å². The van der Waals surface area contributed by atoms with Crippen LogP contribution in [0.3, 0.4) is 0 Å². The largest absolute Gasteiger partial charge is 0.494 e. The van der Waals surface area contributed by atoms with Crippen LogP contribution in [0.2, 0.25) is 0 Å². The van der Waals surface area contributed by atoms with Crippen molar-refractivity contribution >= 4 is 23.4 Å². The van der Waals surface area contributed by atoms with Crippen molar-refractivity contribution in [1.29, 1.82) is 0 Å². The highest BCUT2D eigenvalue weighted by atomic mass is 16.7. The van der Waals surface area contributed by atoms with E-state index in [1.165, 1.54) is 33.0 Å². The number of benzene rings is 4. The van der Waals surface area contributed by atoms with E-state index in [1.807, 2.05) is 0 Å². The smallest absolute Gasteiger partial charge is 0.399 e. The first-order valence-corrected chi connectivity index (χ1v) is 10.9. The second kappa shape index (κ2) is 7.37. The lowest BCUT2D eigenvalue weighted by Gasteiger charge is -2.32. The average molecular weight is 406 g/mol. The Morgan fingerprint density at radius 3 is 1.48 bits per heavy atom. The quantitative estimate of drug-likeness (QED) is 0.363. The number of fused-ring (bicyclic) bond motifs is 1. The molecule has 5 rings (SSSR count). The summed E-state index contributed by atoms with van der Waals surface area (Å²) in [6.07, 6.45) is 0. The molecular weight excluding hydrogens is 379 g/mol. The van der Waals surface area contributed by atoms with E-state index in [-0.39, 0.29) is 18.3 Å². The van der Waals surface area contributed by atoms with Crippen molar-refractivity contribution < 1.29 is 9.31 Å². The molecule has 4 aromatic rings. The normalized spacial score (nSPS) is 17.2. The van der Waals surface area contributed by atoms with Crippen LogP contribution in [0.5, 0.6) is 0 Å². The first-order valence-electron chi connectivity index (χ1n) is 10.9. The van der Waals surface area contributed by atoms with Crippen molar-refractivity contribution in [3.8, 4) is 22.3 Å². The first kappa shape index (κ1) is 20.1. The van der Waals surface area contributed by atoms with Crippen LogP contribution in [0.25, 0.3) is 33.0 Å². The third-order valence-corrected chi connectivity index (χ3v) is 6.76. The Balaban J connectivity index is 1.52. The summed E-state index contributed by atoms with van der Waals surface area (Å²) >= 11 is 0. The Hall–Kier alpha value is -2.88. The van der Waals surface area contributed by atoms with Gasteiger partial charge in [0, 0.05) is 0 Å². The molecule has 2 nitrogen and oxygen atoms in total. The van der Waals surface area contributed by atoms with Gasteiger partial charge < -0.3 is 9.31 Å². The lowest BCUT2D eigenvalue weighted by Crippen LogP contribution is -2.41. The minimum atomic E-state index is -0.337. The maximum absolute atomic E-state index is 6.21. The fraction of sp³-hybridized carbons (Fsp3) is 0.214. The van der Waals surface area contributed by atoms with Crippen molar-refractivity contribution in [2.45, 2.75) is 38.9 Å². The summed E-state index contributed by atoms with van der Waals surface area (Å²) in [6.45, 7) is 8.34. The maximum Gasteiger partial charge on any atom is 0.494 e. The predicted molar refractivity (Wildman–Crippen MR) is 131 cm³/mol. The monoisotopic (exact) mass is 406 g/mol. The van der Waals surface area contributed by atoms with Gasteiger partial charge in [0.25, 0.3) is 0 Å². The number of hydrogen-bond acceptors (Lipinski definition) is 2. The minimum absolute atomic E-state index is 0.334. The highest BCUT2D eigenvalue weighted by Crippen LogP contribution is 2.37. The molecule has 0 bridgehead atoms. The van der Waals surface area contributed by atoms with Crippen LogP contribution in [0.1, 0.15) is 27.7 Å². The standard InChI is InChI=1S/C28H27BO2/c1-27(2)28(3,4)31-29(30-27)22-16-14-21(15-17-22)24-19-18-23(20-10-6-5-7-11-20)25-12-8-9-13-26(24)25/h5-19H,1-4H3. The molecule has 3 heteroatoms. The van der Waals surface area contributed by atoms with Crippen LogP contribution in [-0.4, -0.2) is 18.3 Å². The van der Waals surface area contributed by atoms with Gasteiger partial charge in [-0.25, -0.2) is 0 Å². The van der Waals surface area contributed by atoms with Crippen LogP contribution in [-0.2, 0) is 9.31 Å². The van der Waals surface area contributed by atoms with Gasteiger partial charge in [0.1, 0.15) is 0 Å². The molecule has 0 N–H and O–H groups in total. The van der Waals surface area contributed by atoms with E-state index in [4.69, 9.17) is 9.31 Å². The molecule has 1 fully saturated rings. The molecule has 1 aliphatic heterocycles. The van der Waals surface area contributed by atoms with E-state index in [2.05, 4.69) is 119 Å². The molecule has 0 amide bonds. The van der Waals surface area contributed by atoms with E-state index in [0.29, 0.717) is 0 Å². The Labute approximate surface area is 185 Å².